The van der Waals surface area contributed by atoms with Crippen LogP contribution in [0.3, 0.4) is 0 Å². The second-order valence-electron chi connectivity index (χ2n) is 13.1. The van der Waals surface area contributed by atoms with Crippen LogP contribution < -0.4 is 15.4 Å². The van der Waals surface area contributed by atoms with Gasteiger partial charge in [0.2, 0.25) is 5.91 Å². The monoisotopic (exact) mass is 653 g/mol. The van der Waals surface area contributed by atoms with Crippen LogP contribution in [0.5, 0.6) is 5.75 Å². The van der Waals surface area contributed by atoms with Gasteiger partial charge in [-0.3, -0.25) is 14.4 Å². The first-order valence-corrected chi connectivity index (χ1v) is 16.6. The molecule has 0 aliphatic rings. The molecule has 254 valence electrons. The van der Waals surface area contributed by atoms with Gasteiger partial charge in [0, 0.05) is 47.9 Å². The number of benzene rings is 2. The summed E-state index contributed by atoms with van der Waals surface area (Å²) in [6, 6.07) is 14.9. The van der Waals surface area contributed by atoms with E-state index in [-0.39, 0.29) is 12.0 Å². The molecule has 0 fully saturated rings. The number of carbonyl (C=O) groups excluding carboxylic acids is 2. The Balaban J connectivity index is 1.40. The summed E-state index contributed by atoms with van der Waals surface area (Å²) < 4.78 is 7.80. The summed E-state index contributed by atoms with van der Waals surface area (Å²) in [6.07, 6.45) is 13.3. The minimum atomic E-state index is -1.17. The Bertz CT molecular complexity index is 1640. The molecular formula is C38H47N5O5. The number of unbranched alkanes of at least 4 members (excludes halogenated alkanes) is 4. The number of nitrogens with zero attached hydrogens (tertiary/aromatic N) is 3. The molecule has 0 spiro atoms. The number of aliphatic carboxylic acids is 1. The molecular weight excluding hydrogens is 606 g/mol. The molecule has 2 heterocycles. The van der Waals surface area contributed by atoms with Gasteiger partial charge in [0.05, 0.1) is 12.2 Å². The maximum absolute atomic E-state index is 13.1. The Morgan fingerprint density at radius 3 is 2.10 bits per heavy atom. The third-order valence-corrected chi connectivity index (χ3v) is 8.09. The number of carbonyl (C=O) groups is 3. The van der Waals surface area contributed by atoms with E-state index in [1.807, 2.05) is 80.1 Å². The standard InChI is InChI=1S/C38H47N5O5/c1-6-7-8-9-10-21-48-32-17-15-28(16-18-32)31-23-39-34(40-24-31)29-13-11-27(12-14-29)22-33(36(45)41-26(2)37(46)47)42-35(44)30-19-20-43(25-30)38(3,4)5/h11-20,23-26,33H,6-10,21-22H2,1-5H3,(H,41,45)(H,42,44)(H,46,47)/t26-,33+/m1/s1. The smallest absolute Gasteiger partial charge is 0.325 e. The van der Waals surface area contributed by atoms with E-state index in [0.29, 0.717) is 11.4 Å². The number of hydrogen-bond acceptors (Lipinski definition) is 6. The van der Waals surface area contributed by atoms with Gasteiger partial charge < -0.3 is 25.0 Å². The van der Waals surface area contributed by atoms with Gasteiger partial charge in [-0.05, 0) is 63.4 Å². The first-order chi connectivity index (χ1) is 22.9. The number of carboxylic acids is 1. The molecule has 48 heavy (non-hydrogen) atoms. The van der Waals surface area contributed by atoms with Crippen molar-refractivity contribution in [1.82, 2.24) is 25.2 Å². The summed E-state index contributed by atoms with van der Waals surface area (Å²) in [6.45, 7) is 10.4. The number of carboxylic acid groups (broad SMARTS) is 1. The van der Waals surface area contributed by atoms with E-state index in [1.165, 1.54) is 32.6 Å². The molecule has 0 radical (unpaired) electrons. The van der Waals surface area contributed by atoms with Crippen molar-refractivity contribution in [2.45, 2.75) is 90.8 Å². The molecule has 2 aromatic carbocycles. The molecule has 2 amide bonds. The van der Waals surface area contributed by atoms with Crippen LogP contribution in [0.1, 0.15) is 82.6 Å². The highest BCUT2D eigenvalue weighted by Gasteiger charge is 2.26. The van der Waals surface area contributed by atoms with E-state index in [0.717, 1.165) is 41.0 Å². The lowest BCUT2D eigenvalue weighted by Crippen LogP contribution is -2.51. The van der Waals surface area contributed by atoms with Gasteiger partial charge >= 0.3 is 5.97 Å². The molecule has 0 aliphatic heterocycles. The van der Waals surface area contributed by atoms with E-state index in [9.17, 15) is 19.5 Å². The second kappa shape index (κ2) is 16.7. The molecule has 0 aliphatic carbocycles. The number of rotatable bonds is 16. The molecule has 0 unspecified atom stereocenters. The summed E-state index contributed by atoms with van der Waals surface area (Å²) in [5.41, 5.74) is 3.63. The van der Waals surface area contributed by atoms with Crippen molar-refractivity contribution in [2.75, 3.05) is 6.61 Å². The first kappa shape index (κ1) is 35.9. The highest BCUT2D eigenvalue weighted by Crippen LogP contribution is 2.24. The topological polar surface area (TPSA) is 135 Å². The average molecular weight is 654 g/mol. The van der Waals surface area contributed by atoms with Crippen LogP contribution >= 0.6 is 0 Å². The number of nitrogens with one attached hydrogen (secondary N) is 2. The fourth-order valence-corrected chi connectivity index (χ4v) is 5.07. The molecule has 3 N–H and O–H groups in total. The fourth-order valence-electron chi connectivity index (χ4n) is 5.07. The van der Waals surface area contributed by atoms with Crippen molar-refractivity contribution in [1.29, 1.82) is 0 Å². The van der Waals surface area contributed by atoms with E-state index in [4.69, 9.17) is 4.74 Å². The maximum atomic E-state index is 13.1. The minimum absolute atomic E-state index is 0.155. The van der Waals surface area contributed by atoms with Gasteiger partial charge in [-0.25, -0.2) is 9.97 Å². The highest BCUT2D eigenvalue weighted by molar-refractivity contribution is 5.98. The van der Waals surface area contributed by atoms with E-state index in [2.05, 4.69) is 27.5 Å². The molecule has 2 aromatic heterocycles. The number of amides is 2. The van der Waals surface area contributed by atoms with Gasteiger partial charge in [0.1, 0.15) is 17.8 Å². The molecule has 2 atom stereocenters. The zero-order valence-corrected chi connectivity index (χ0v) is 28.5. The van der Waals surface area contributed by atoms with Crippen LogP contribution in [-0.4, -0.2) is 56.1 Å². The molecule has 0 saturated carbocycles. The maximum Gasteiger partial charge on any atom is 0.325 e. The fraction of sp³-hybridized carbons (Fsp3) is 0.395. The Morgan fingerprint density at radius 2 is 1.50 bits per heavy atom. The predicted octanol–water partition coefficient (Wildman–Crippen LogP) is 6.65. The number of ether oxygens (including phenoxy) is 1. The van der Waals surface area contributed by atoms with Crippen molar-refractivity contribution in [2.24, 2.45) is 0 Å². The first-order valence-electron chi connectivity index (χ1n) is 16.6. The normalized spacial score (nSPS) is 12.6. The number of hydrogen-bond donors (Lipinski definition) is 3. The van der Waals surface area contributed by atoms with Crippen LogP contribution in [-0.2, 0) is 21.5 Å². The van der Waals surface area contributed by atoms with E-state index >= 15 is 0 Å². The summed E-state index contributed by atoms with van der Waals surface area (Å²) in [7, 11) is 0. The van der Waals surface area contributed by atoms with Crippen molar-refractivity contribution < 1.29 is 24.2 Å². The van der Waals surface area contributed by atoms with Crippen molar-refractivity contribution in [3.63, 3.8) is 0 Å². The van der Waals surface area contributed by atoms with Crippen LogP contribution in [0.25, 0.3) is 22.5 Å². The Morgan fingerprint density at radius 1 is 0.854 bits per heavy atom. The Labute approximate surface area is 283 Å². The van der Waals surface area contributed by atoms with Crippen LogP contribution in [0.15, 0.2) is 79.4 Å². The van der Waals surface area contributed by atoms with E-state index in [1.54, 1.807) is 24.7 Å². The third kappa shape index (κ3) is 10.3. The van der Waals surface area contributed by atoms with Crippen LogP contribution in [0.2, 0.25) is 0 Å². The average Bonchev–Trinajstić information content (AvgIpc) is 3.59. The second-order valence-corrected chi connectivity index (χ2v) is 13.1. The minimum Gasteiger partial charge on any atom is -0.494 e. The van der Waals surface area contributed by atoms with Crippen molar-refractivity contribution >= 4 is 17.8 Å². The van der Waals surface area contributed by atoms with Crippen molar-refractivity contribution in [3.05, 3.63) is 90.5 Å². The molecule has 4 rings (SSSR count). The van der Waals surface area contributed by atoms with Gasteiger partial charge in [-0.2, -0.15) is 0 Å². The molecule has 4 aromatic rings. The zero-order valence-electron chi connectivity index (χ0n) is 28.5. The molecule has 10 heteroatoms. The summed E-state index contributed by atoms with van der Waals surface area (Å²) in [5, 5.41) is 14.6. The van der Waals surface area contributed by atoms with Crippen molar-refractivity contribution in [3.8, 4) is 28.3 Å². The largest absolute Gasteiger partial charge is 0.494 e. The highest BCUT2D eigenvalue weighted by atomic mass is 16.5. The molecule has 0 bridgehead atoms. The van der Waals surface area contributed by atoms with Gasteiger partial charge in [-0.15, -0.1) is 0 Å². The van der Waals surface area contributed by atoms with Gasteiger partial charge in [-0.1, -0.05) is 69.0 Å². The van der Waals surface area contributed by atoms with Crippen LogP contribution in [0.4, 0.5) is 0 Å². The summed E-state index contributed by atoms with van der Waals surface area (Å²) >= 11 is 0. The summed E-state index contributed by atoms with van der Waals surface area (Å²) in [5.74, 6) is -0.776. The quantitative estimate of drug-likeness (QED) is 0.115. The number of aromatic nitrogens is 3. The van der Waals surface area contributed by atoms with Crippen LogP contribution in [0, 0.1) is 0 Å². The van der Waals surface area contributed by atoms with Gasteiger partial charge in [0.15, 0.2) is 5.82 Å². The lowest BCUT2D eigenvalue weighted by atomic mass is 10.0. The van der Waals surface area contributed by atoms with Gasteiger partial charge in [0.25, 0.3) is 5.91 Å². The lowest BCUT2D eigenvalue weighted by molar-refractivity contribution is -0.141. The zero-order chi connectivity index (χ0) is 34.7. The van der Waals surface area contributed by atoms with E-state index < -0.39 is 29.9 Å². The predicted molar refractivity (Wildman–Crippen MR) is 187 cm³/mol. The SMILES string of the molecule is CCCCCCCOc1ccc(-c2cnc(-c3ccc(C[C@H](NC(=O)c4ccn(C(C)(C)C)c4)C(=O)N[C@H](C)C(=O)O)cc3)nc2)cc1. The third-order valence-electron chi connectivity index (χ3n) is 8.09. The summed E-state index contributed by atoms with van der Waals surface area (Å²) in [4.78, 5) is 46.8. The lowest BCUT2D eigenvalue weighted by Gasteiger charge is -2.21. The Kier molecular flexibility index (Phi) is 12.5. The molecule has 10 nitrogen and oxygen atoms in total. The Hall–Kier alpha value is -4.99. The molecule has 0 saturated heterocycles.